The predicted molar refractivity (Wildman–Crippen MR) is 251 cm³/mol. The molecule has 0 N–H and O–H groups in total. The Kier molecular flexibility index (Phi) is 45.4. The van der Waals surface area contributed by atoms with E-state index in [2.05, 4.69) is 81.5 Å². The van der Waals surface area contributed by atoms with Gasteiger partial charge in [0.15, 0.2) is 6.10 Å². The summed E-state index contributed by atoms with van der Waals surface area (Å²) in [7, 11) is 0. The van der Waals surface area contributed by atoms with Gasteiger partial charge in [-0.3, -0.25) is 14.4 Å². The van der Waals surface area contributed by atoms with Gasteiger partial charge in [-0.1, -0.05) is 184 Å². The molecule has 0 aliphatic heterocycles. The number of carbonyl (C=O) groups excluding carboxylic acids is 3. The first kappa shape index (κ1) is 56.1. The number of rotatable bonds is 44. The second-order valence-corrected chi connectivity index (χ2v) is 16.4. The van der Waals surface area contributed by atoms with Crippen molar-refractivity contribution in [3.05, 3.63) is 60.8 Å². The van der Waals surface area contributed by atoms with Crippen molar-refractivity contribution in [3.63, 3.8) is 0 Å². The van der Waals surface area contributed by atoms with E-state index < -0.39 is 6.10 Å². The SMILES string of the molecule is CCCC/C=C\CCCCCCC(=O)OCC(COC(=O)CCC/C=C\C/C=C\C/C=C\CCCCCCCC)OC(=O)CCCCC/C=C\CCCCCCCCC. The summed E-state index contributed by atoms with van der Waals surface area (Å²) in [5, 5.41) is 0. The Bertz CT molecular complexity index is 1090. The normalized spacial score (nSPS) is 12.5. The van der Waals surface area contributed by atoms with Crippen LogP contribution in [-0.4, -0.2) is 37.2 Å². The number of carbonyl (C=O) groups is 3. The molecular weight excluding hydrogens is 733 g/mol. The van der Waals surface area contributed by atoms with Gasteiger partial charge in [0.1, 0.15) is 13.2 Å². The molecule has 0 bridgehead atoms. The lowest BCUT2D eigenvalue weighted by Gasteiger charge is -2.18. The van der Waals surface area contributed by atoms with Crippen molar-refractivity contribution < 1.29 is 28.6 Å². The van der Waals surface area contributed by atoms with Crippen molar-refractivity contribution >= 4 is 17.9 Å². The minimum absolute atomic E-state index is 0.102. The van der Waals surface area contributed by atoms with E-state index >= 15 is 0 Å². The molecule has 0 saturated carbocycles. The van der Waals surface area contributed by atoms with Gasteiger partial charge in [0.25, 0.3) is 0 Å². The Hall–Kier alpha value is -2.89. The smallest absolute Gasteiger partial charge is 0.306 e. The average molecular weight is 825 g/mol. The quantitative estimate of drug-likeness (QED) is 0.0263. The molecule has 0 heterocycles. The fourth-order valence-corrected chi connectivity index (χ4v) is 6.67. The zero-order valence-corrected chi connectivity index (χ0v) is 38.8. The Morgan fingerprint density at radius 2 is 0.644 bits per heavy atom. The minimum atomic E-state index is -0.804. The second kappa shape index (κ2) is 47.8. The third-order valence-electron chi connectivity index (χ3n) is 10.5. The van der Waals surface area contributed by atoms with Crippen molar-refractivity contribution in [2.45, 2.75) is 245 Å². The van der Waals surface area contributed by atoms with Crippen molar-refractivity contribution in [1.29, 1.82) is 0 Å². The lowest BCUT2D eigenvalue weighted by atomic mass is 10.1. The van der Waals surface area contributed by atoms with Gasteiger partial charge in [0, 0.05) is 19.3 Å². The van der Waals surface area contributed by atoms with Gasteiger partial charge in [-0.25, -0.2) is 0 Å². The first-order chi connectivity index (χ1) is 29.0. The average Bonchev–Trinajstić information content (AvgIpc) is 3.23. The van der Waals surface area contributed by atoms with E-state index in [-0.39, 0.29) is 37.5 Å². The number of hydrogen-bond donors (Lipinski definition) is 0. The zero-order chi connectivity index (χ0) is 43.0. The zero-order valence-electron chi connectivity index (χ0n) is 38.8. The van der Waals surface area contributed by atoms with Gasteiger partial charge in [0.2, 0.25) is 0 Å². The molecule has 0 amide bonds. The summed E-state index contributed by atoms with van der Waals surface area (Å²) in [6, 6.07) is 0. The van der Waals surface area contributed by atoms with Crippen molar-refractivity contribution in [2.24, 2.45) is 0 Å². The van der Waals surface area contributed by atoms with Gasteiger partial charge < -0.3 is 14.2 Å². The first-order valence-electron chi connectivity index (χ1n) is 24.8. The van der Waals surface area contributed by atoms with Crippen molar-refractivity contribution in [3.8, 4) is 0 Å². The van der Waals surface area contributed by atoms with Crippen LogP contribution in [0.2, 0.25) is 0 Å². The summed E-state index contributed by atoms with van der Waals surface area (Å²) < 4.78 is 16.7. The topological polar surface area (TPSA) is 78.9 Å². The molecule has 0 aliphatic rings. The highest BCUT2D eigenvalue weighted by atomic mass is 16.6. The molecule has 6 heteroatoms. The lowest BCUT2D eigenvalue weighted by Crippen LogP contribution is -2.30. The number of hydrogen-bond acceptors (Lipinski definition) is 6. The maximum atomic E-state index is 12.7. The molecule has 0 radical (unpaired) electrons. The van der Waals surface area contributed by atoms with Crippen LogP contribution in [0.15, 0.2) is 60.8 Å². The Labute approximate surface area is 364 Å². The van der Waals surface area contributed by atoms with Crippen LogP contribution in [0.1, 0.15) is 239 Å². The van der Waals surface area contributed by atoms with Gasteiger partial charge >= 0.3 is 17.9 Å². The standard InChI is InChI=1S/C53H92O6/c1-4-7-10-13-16-19-22-24-26-27-28-30-31-34-37-40-43-46-52(55)58-49-50(48-57-51(54)45-42-39-36-33-21-18-15-12-9-6-3)59-53(56)47-44-41-38-35-32-29-25-23-20-17-14-11-8-5-2/h15,18,24,26,28-30,32,34,37,50H,4-14,16-17,19-23,25,27,31,33,35-36,38-49H2,1-3H3/b18-15-,26-24-,30-28-,32-29-,37-34-. The van der Waals surface area contributed by atoms with Crippen molar-refractivity contribution in [1.82, 2.24) is 0 Å². The predicted octanol–water partition coefficient (Wildman–Crippen LogP) is 16.1. The molecule has 0 spiro atoms. The maximum Gasteiger partial charge on any atom is 0.306 e. The molecule has 1 unspecified atom stereocenters. The molecule has 0 aromatic carbocycles. The lowest BCUT2D eigenvalue weighted by molar-refractivity contribution is -0.167. The van der Waals surface area contributed by atoms with Crippen molar-refractivity contribution in [2.75, 3.05) is 13.2 Å². The molecule has 0 aromatic heterocycles. The van der Waals surface area contributed by atoms with E-state index in [1.165, 1.54) is 103 Å². The number of allylic oxidation sites excluding steroid dienone is 10. The summed E-state index contributed by atoms with van der Waals surface area (Å²) in [6.07, 6.45) is 57.8. The Morgan fingerprint density at radius 1 is 0.339 bits per heavy atom. The van der Waals surface area contributed by atoms with Gasteiger partial charge in [-0.15, -0.1) is 0 Å². The summed E-state index contributed by atoms with van der Waals surface area (Å²) in [4.78, 5) is 37.8. The molecular formula is C53H92O6. The van der Waals surface area contributed by atoms with Crippen LogP contribution in [0.3, 0.4) is 0 Å². The minimum Gasteiger partial charge on any atom is -0.462 e. The number of unbranched alkanes of at least 4 members (excludes halogenated alkanes) is 23. The Morgan fingerprint density at radius 3 is 1.10 bits per heavy atom. The van der Waals surface area contributed by atoms with Gasteiger partial charge in [0.05, 0.1) is 0 Å². The molecule has 6 nitrogen and oxygen atoms in total. The van der Waals surface area contributed by atoms with E-state index in [0.29, 0.717) is 19.3 Å². The van der Waals surface area contributed by atoms with Crippen LogP contribution in [0.25, 0.3) is 0 Å². The van der Waals surface area contributed by atoms with Gasteiger partial charge in [-0.2, -0.15) is 0 Å². The summed E-state index contributed by atoms with van der Waals surface area (Å²) in [6.45, 7) is 6.51. The fourth-order valence-electron chi connectivity index (χ4n) is 6.67. The molecule has 1 atom stereocenters. The summed E-state index contributed by atoms with van der Waals surface area (Å²) in [5.74, 6) is -0.985. The maximum absolute atomic E-state index is 12.7. The molecule has 0 rings (SSSR count). The van der Waals surface area contributed by atoms with Crippen LogP contribution in [-0.2, 0) is 28.6 Å². The molecule has 0 fully saturated rings. The van der Waals surface area contributed by atoms with Crippen LogP contribution >= 0.6 is 0 Å². The monoisotopic (exact) mass is 825 g/mol. The second-order valence-electron chi connectivity index (χ2n) is 16.4. The number of esters is 3. The van der Waals surface area contributed by atoms with E-state index in [1.54, 1.807) is 0 Å². The van der Waals surface area contributed by atoms with E-state index in [4.69, 9.17) is 14.2 Å². The molecule has 0 aliphatic carbocycles. The highest BCUT2D eigenvalue weighted by molar-refractivity contribution is 5.71. The summed E-state index contributed by atoms with van der Waals surface area (Å²) >= 11 is 0. The third kappa shape index (κ3) is 46.0. The van der Waals surface area contributed by atoms with Crippen LogP contribution in [0.5, 0.6) is 0 Å². The fraction of sp³-hybridized carbons (Fsp3) is 0.755. The largest absolute Gasteiger partial charge is 0.462 e. The Balaban J connectivity index is 4.46. The van der Waals surface area contributed by atoms with Crippen LogP contribution < -0.4 is 0 Å². The molecule has 59 heavy (non-hydrogen) atoms. The van der Waals surface area contributed by atoms with Crippen LogP contribution in [0, 0.1) is 0 Å². The highest BCUT2D eigenvalue weighted by Crippen LogP contribution is 2.13. The highest BCUT2D eigenvalue weighted by Gasteiger charge is 2.19. The van der Waals surface area contributed by atoms with E-state index in [9.17, 15) is 14.4 Å². The van der Waals surface area contributed by atoms with Crippen LogP contribution in [0.4, 0.5) is 0 Å². The molecule has 0 saturated heterocycles. The number of ether oxygens (including phenoxy) is 3. The molecule has 340 valence electrons. The third-order valence-corrected chi connectivity index (χ3v) is 10.5. The van der Waals surface area contributed by atoms with E-state index in [0.717, 1.165) is 89.9 Å². The summed E-state index contributed by atoms with van der Waals surface area (Å²) in [5.41, 5.74) is 0. The molecule has 0 aromatic rings. The van der Waals surface area contributed by atoms with Gasteiger partial charge in [-0.05, 0) is 96.3 Å². The van der Waals surface area contributed by atoms with E-state index in [1.807, 2.05) is 0 Å². The first-order valence-corrected chi connectivity index (χ1v) is 24.8.